The fourth-order valence-corrected chi connectivity index (χ4v) is 4.53. The van der Waals surface area contributed by atoms with Crippen LogP contribution in [0.25, 0.3) is 55.5 Å². The number of benzene rings is 4. The average molecular weight is 358 g/mol. The number of fused-ring (bicyclic) bond motifs is 6. The fraction of sp³-hybridized carbons (Fsp3) is 0. The van der Waals surface area contributed by atoms with Gasteiger partial charge in [0.15, 0.2) is 0 Å². The number of hydrogen-bond acceptors (Lipinski definition) is 0. The predicted octanol–water partition coefficient (Wildman–Crippen LogP) is 6.99. The molecule has 4 aromatic carbocycles. The van der Waals surface area contributed by atoms with Gasteiger partial charge >= 0.3 is 0 Å². The van der Waals surface area contributed by atoms with E-state index in [2.05, 4.69) is 107 Å². The van der Waals surface area contributed by atoms with Crippen molar-refractivity contribution in [2.24, 2.45) is 0 Å². The Hall–Kier alpha value is -3.78. The molecular weight excluding hydrogens is 340 g/mol. The van der Waals surface area contributed by atoms with Crippen LogP contribution in [-0.4, -0.2) is 9.13 Å². The van der Waals surface area contributed by atoms with Gasteiger partial charge in [0.2, 0.25) is 0 Å². The topological polar surface area (TPSA) is 9.86 Å². The van der Waals surface area contributed by atoms with E-state index in [0.29, 0.717) is 0 Å². The monoisotopic (exact) mass is 358 g/mol. The van der Waals surface area contributed by atoms with Crippen molar-refractivity contribution in [2.45, 2.75) is 0 Å². The van der Waals surface area contributed by atoms with E-state index in [0.717, 1.165) is 0 Å². The van der Waals surface area contributed by atoms with Gasteiger partial charge in [0.25, 0.3) is 0 Å². The first-order valence-electron chi connectivity index (χ1n) is 9.50. The molecule has 132 valence electrons. The second-order valence-corrected chi connectivity index (χ2v) is 7.14. The summed E-state index contributed by atoms with van der Waals surface area (Å²) in [6.07, 6.45) is 1.89. The maximum atomic E-state index is 4.02. The Morgan fingerprint density at radius 2 is 1.04 bits per heavy atom. The quantitative estimate of drug-likeness (QED) is 0.316. The summed E-state index contributed by atoms with van der Waals surface area (Å²) in [5.41, 5.74) is 6.01. The van der Waals surface area contributed by atoms with Crippen molar-refractivity contribution in [3.05, 3.63) is 97.6 Å². The maximum Gasteiger partial charge on any atom is 0.0541 e. The van der Waals surface area contributed by atoms with Gasteiger partial charge in [-0.25, -0.2) is 0 Å². The fourth-order valence-electron chi connectivity index (χ4n) is 4.53. The summed E-state index contributed by atoms with van der Waals surface area (Å²) in [5, 5.41) is 5.06. The highest BCUT2D eigenvalue weighted by Gasteiger charge is 2.14. The van der Waals surface area contributed by atoms with Gasteiger partial charge in [-0.05, 0) is 36.4 Å². The summed E-state index contributed by atoms with van der Waals surface area (Å²) in [7, 11) is 0. The molecule has 6 aromatic rings. The number of nitrogens with zero attached hydrogens (tertiary/aromatic N) is 2. The van der Waals surface area contributed by atoms with E-state index in [1.165, 1.54) is 49.3 Å². The van der Waals surface area contributed by atoms with Gasteiger partial charge in [-0.1, -0.05) is 61.2 Å². The van der Waals surface area contributed by atoms with E-state index in [1.54, 1.807) is 0 Å². The van der Waals surface area contributed by atoms with E-state index in [-0.39, 0.29) is 0 Å². The molecule has 28 heavy (non-hydrogen) atoms. The zero-order valence-corrected chi connectivity index (χ0v) is 15.3. The highest BCUT2D eigenvalue weighted by molar-refractivity contribution is 6.12. The summed E-state index contributed by atoms with van der Waals surface area (Å²) < 4.78 is 4.53. The second-order valence-electron chi connectivity index (χ2n) is 7.14. The van der Waals surface area contributed by atoms with Crippen LogP contribution in [0.3, 0.4) is 0 Å². The molecule has 2 heterocycles. The maximum absolute atomic E-state index is 4.02. The Labute approximate surface area is 162 Å². The van der Waals surface area contributed by atoms with E-state index in [4.69, 9.17) is 0 Å². The smallest absolute Gasteiger partial charge is 0.0541 e. The van der Waals surface area contributed by atoms with Crippen LogP contribution < -0.4 is 0 Å². The summed E-state index contributed by atoms with van der Waals surface area (Å²) in [4.78, 5) is 0. The van der Waals surface area contributed by atoms with Crippen LogP contribution in [0.2, 0.25) is 0 Å². The standard InChI is InChI=1S/C26H18N2/c1-2-27-23-12-6-3-11-21(23)22-17-18(15-16-24(22)27)28-25-13-7-4-9-19(25)20-10-5-8-14-26(20)28/h2-17H,1H2. The Bertz CT molecular complexity index is 1480. The second kappa shape index (κ2) is 5.61. The van der Waals surface area contributed by atoms with Gasteiger partial charge in [0.05, 0.1) is 22.1 Å². The van der Waals surface area contributed by atoms with Crippen molar-refractivity contribution in [3.63, 3.8) is 0 Å². The zero-order valence-electron chi connectivity index (χ0n) is 15.3. The van der Waals surface area contributed by atoms with Crippen molar-refractivity contribution in [2.75, 3.05) is 0 Å². The van der Waals surface area contributed by atoms with Gasteiger partial charge in [0.1, 0.15) is 0 Å². The predicted molar refractivity (Wildman–Crippen MR) is 120 cm³/mol. The summed E-state index contributed by atoms with van der Waals surface area (Å²) in [6, 6.07) is 32.5. The highest BCUT2D eigenvalue weighted by Crippen LogP contribution is 2.35. The number of hydrogen-bond donors (Lipinski definition) is 0. The minimum atomic E-state index is 1.18. The largest absolute Gasteiger partial charge is 0.317 e. The molecule has 0 atom stereocenters. The van der Waals surface area contributed by atoms with Crippen molar-refractivity contribution in [1.82, 2.24) is 9.13 Å². The molecule has 0 N–H and O–H groups in total. The van der Waals surface area contributed by atoms with Gasteiger partial charge in [-0.15, -0.1) is 0 Å². The highest BCUT2D eigenvalue weighted by atomic mass is 15.0. The lowest BCUT2D eigenvalue weighted by Gasteiger charge is -2.08. The first kappa shape index (κ1) is 15.3. The van der Waals surface area contributed by atoms with Gasteiger partial charge in [0, 0.05) is 33.4 Å². The van der Waals surface area contributed by atoms with Crippen LogP contribution in [-0.2, 0) is 0 Å². The van der Waals surface area contributed by atoms with E-state index in [9.17, 15) is 0 Å². The lowest BCUT2D eigenvalue weighted by Crippen LogP contribution is -1.93. The Morgan fingerprint density at radius 3 is 1.64 bits per heavy atom. The number of aromatic nitrogens is 2. The minimum Gasteiger partial charge on any atom is -0.317 e. The lowest BCUT2D eigenvalue weighted by atomic mass is 10.1. The van der Waals surface area contributed by atoms with Crippen LogP contribution in [0, 0.1) is 0 Å². The van der Waals surface area contributed by atoms with Gasteiger partial charge in [-0.3, -0.25) is 0 Å². The Kier molecular flexibility index (Phi) is 3.06. The van der Waals surface area contributed by atoms with Crippen LogP contribution in [0.4, 0.5) is 0 Å². The first-order valence-corrected chi connectivity index (χ1v) is 9.50. The zero-order chi connectivity index (χ0) is 18.7. The average Bonchev–Trinajstić information content (AvgIpc) is 3.26. The molecular formula is C26H18N2. The Morgan fingerprint density at radius 1 is 0.536 bits per heavy atom. The molecule has 0 radical (unpaired) electrons. The van der Waals surface area contributed by atoms with E-state index < -0.39 is 0 Å². The molecule has 0 aliphatic heterocycles. The van der Waals surface area contributed by atoms with Crippen LogP contribution in [0.5, 0.6) is 0 Å². The third-order valence-corrected chi connectivity index (χ3v) is 5.71. The van der Waals surface area contributed by atoms with Gasteiger partial charge in [-0.2, -0.15) is 0 Å². The molecule has 0 spiro atoms. The molecule has 0 saturated heterocycles. The third-order valence-electron chi connectivity index (χ3n) is 5.71. The van der Waals surface area contributed by atoms with Crippen molar-refractivity contribution >= 4 is 49.8 Å². The molecule has 2 heteroatoms. The third kappa shape index (κ3) is 1.92. The minimum absolute atomic E-state index is 1.18. The summed E-state index contributed by atoms with van der Waals surface area (Å²) in [6.45, 7) is 4.02. The molecule has 0 saturated carbocycles. The molecule has 2 aromatic heterocycles. The van der Waals surface area contributed by atoms with Gasteiger partial charge < -0.3 is 9.13 Å². The number of para-hydroxylation sites is 3. The number of rotatable bonds is 2. The molecule has 6 rings (SSSR count). The van der Waals surface area contributed by atoms with E-state index in [1.807, 2.05) is 6.20 Å². The van der Waals surface area contributed by atoms with Crippen molar-refractivity contribution in [3.8, 4) is 5.69 Å². The normalized spacial score (nSPS) is 11.7. The summed E-state index contributed by atoms with van der Waals surface area (Å²) in [5.74, 6) is 0. The molecule has 0 bridgehead atoms. The summed E-state index contributed by atoms with van der Waals surface area (Å²) >= 11 is 0. The molecule has 2 nitrogen and oxygen atoms in total. The molecule has 0 unspecified atom stereocenters. The van der Waals surface area contributed by atoms with E-state index >= 15 is 0 Å². The molecule has 0 amide bonds. The molecule has 0 fully saturated rings. The molecule has 0 aliphatic carbocycles. The first-order chi connectivity index (χ1) is 13.9. The SMILES string of the molecule is C=Cn1c2ccccc2c2cc(-n3c4ccccc4c4ccccc43)ccc21. The van der Waals surface area contributed by atoms with Crippen molar-refractivity contribution in [1.29, 1.82) is 0 Å². The lowest BCUT2D eigenvalue weighted by molar-refractivity contribution is 1.18. The van der Waals surface area contributed by atoms with Crippen LogP contribution in [0.1, 0.15) is 0 Å². The van der Waals surface area contributed by atoms with Crippen LogP contribution in [0.15, 0.2) is 97.6 Å². The van der Waals surface area contributed by atoms with Crippen molar-refractivity contribution < 1.29 is 0 Å². The Balaban J connectivity index is 1.76. The molecule has 0 aliphatic rings. The van der Waals surface area contributed by atoms with Crippen LogP contribution >= 0.6 is 0 Å².